The van der Waals surface area contributed by atoms with Gasteiger partial charge in [0, 0.05) is 25.1 Å². The van der Waals surface area contributed by atoms with Gasteiger partial charge in [-0.2, -0.15) is 0 Å². The lowest BCUT2D eigenvalue weighted by Gasteiger charge is -2.28. The molecule has 0 heterocycles. The molecule has 0 aliphatic heterocycles. The molecule has 4 nitrogen and oxygen atoms in total. The topological polar surface area (TPSA) is 64.3 Å². The molecule has 108 valence electrons. The van der Waals surface area contributed by atoms with E-state index in [2.05, 4.69) is 12.2 Å². The first kappa shape index (κ1) is 17.4. The van der Waals surface area contributed by atoms with Crippen molar-refractivity contribution >= 4 is 5.91 Å². The molecular formula is C14H30N2O2. The van der Waals surface area contributed by atoms with Crippen LogP contribution in [0.1, 0.15) is 53.9 Å². The van der Waals surface area contributed by atoms with E-state index < -0.39 is 5.41 Å². The number of rotatable bonds is 9. The molecule has 0 bridgehead atoms. The van der Waals surface area contributed by atoms with Gasteiger partial charge >= 0.3 is 0 Å². The monoisotopic (exact) mass is 258 g/mol. The van der Waals surface area contributed by atoms with Gasteiger partial charge in [-0.1, -0.05) is 27.2 Å². The van der Waals surface area contributed by atoms with Crippen molar-refractivity contribution in [2.24, 2.45) is 11.1 Å². The summed E-state index contributed by atoms with van der Waals surface area (Å²) < 4.78 is 5.69. The number of carbonyl (C=O) groups is 1. The van der Waals surface area contributed by atoms with E-state index in [1.165, 1.54) is 0 Å². The van der Waals surface area contributed by atoms with Gasteiger partial charge in [-0.15, -0.1) is 0 Å². The zero-order chi connectivity index (χ0) is 14.2. The summed E-state index contributed by atoms with van der Waals surface area (Å²) in [7, 11) is 0. The van der Waals surface area contributed by atoms with Crippen LogP contribution in [0.15, 0.2) is 0 Å². The lowest BCUT2D eigenvalue weighted by atomic mass is 9.88. The lowest BCUT2D eigenvalue weighted by Crippen LogP contribution is -2.40. The average molecular weight is 258 g/mol. The third-order valence-corrected chi connectivity index (χ3v) is 3.14. The highest BCUT2D eigenvalue weighted by molar-refractivity contribution is 5.81. The van der Waals surface area contributed by atoms with Gasteiger partial charge < -0.3 is 15.8 Å². The van der Waals surface area contributed by atoms with Crippen LogP contribution in [0.3, 0.4) is 0 Å². The number of nitrogens with one attached hydrogen (secondary N) is 1. The van der Waals surface area contributed by atoms with Crippen LogP contribution in [0.25, 0.3) is 0 Å². The number of ether oxygens (including phenoxy) is 1. The minimum atomic E-state index is -0.390. The van der Waals surface area contributed by atoms with Gasteiger partial charge in [-0.3, -0.25) is 4.79 Å². The van der Waals surface area contributed by atoms with Gasteiger partial charge in [0.15, 0.2) is 0 Å². The van der Waals surface area contributed by atoms with Crippen LogP contribution in [0.4, 0.5) is 0 Å². The molecule has 0 spiro atoms. The normalized spacial score (nSPS) is 12.6. The fraction of sp³-hybridized carbons (Fsp3) is 0.929. The second-order valence-corrected chi connectivity index (χ2v) is 6.06. The number of hydrogen-bond acceptors (Lipinski definition) is 3. The van der Waals surface area contributed by atoms with Crippen LogP contribution in [0.2, 0.25) is 0 Å². The molecule has 0 saturated heterocycles. The molecule has 0 aromatic rings. The van der Waals surface area contributed by atoms with E-state index in [4.69, 9.17) is 10.5 Å². The summed E-state index contributed by atoms with van der Waals surface area (Å²) in [5.74, 6) is 0.102. The molecule has 0 aliphatic rings. The van der Waals surface area contributed by atoms with Crippen LogP contribution in [-0.4, -0.2) is 31.2 Å². The maximum absolute atomic E-state index is 12.0. The van der Waals surface area contributed by atoms with E-state index in [0.717, 1.165) is 19.4 Å². The molecular weight excluding hydrogens is 228 g/mol. The summed E-state index contributed by atoms with van der Waals surface area (Å²) in [6.07, 6.45) is 2.82. The average Bonchev–Trinajstić information content (AvgIpc) is 2.28. The smallest absolute Gasteiger partial charge is 0.225 e. The molecule has 3 N–H and O–H groups in total. The standard InChI is InChI=1S/C14H30N2O2/c1-6-7-9-16-12(17)13(2,3)8-10-18-14(4,5)11-15/h6-11,15H2,1-5H3,(H,16,17). The molecule has 0 unspecified atom stereocenters. The number of amides is 1. The summed E-state index contributed by atoms with van der Waals surface area (Å²) in [5.41, 5.74) is 4.89. The highest BCUT2D eigenvalue weighted by Crippen LogP contribution is 2.21. The summed E-state index contributed by atoms with van der Waals surface area (Å²) >= 11 is 0. The Labute approximate surface area is 112 Å². The first-order valence-corrected chi connectivity index (χ1v) is 6.87. The van der Waals surface area contributed by atoms with Gasteiger partial charge in [-0.25, -0.2) is 0 Å². The summed E-state index contributed by atoms with van der Waals surface area (Å²) in [4.78, 5) is 12.0. The van der Waals surface area contributed by atoms with E-state index in [9.17, 15) is 4.79 Å². The Hall–Kier alpha value is -0.610. The first-order chi connectivity index (χ1) is 8.25. The van der Waals surface area contributed by atoms with Crippen molar-refractivity contribution in [1.29, 1.82) is 0 Å². The largest absolute Gasteiger partial charge is 0.374 e. The molecule has 0 aliphatic carbocycles. The van der Waals surface area contributed by atoms with Gasteiger partial charge in [0.25, 0.3) is 0 Å². The van der Waals surface area contributed by atoms with E-state index in [-0.39, 0.29) is 11.5 Å². The fourth-order valence-corrected chi connectivity index (χ4v) is 1.37. The molecule has 0 saturated carbocycles. The van der Waals surface area contributed by atoms with Gasteiger partial charge in [-0.05, 0) is 26.7 Å². The minimum Gasteiger partial charge on any atom is -0.374 e. The number of carbonyl (C=O) groups excluding carboxylic acids is 1. The Bertz CT molecular complexity index is 250. The van der Waals surface area contributed by atoms with Crippen molar-refractivity contribution in [2.45, 2.75) is 59.5 Å². The SMILES string of the molecule is CCCCNC(=O)C(C)(C)CCOC(C)(C)CN. The summed E-state index contributed by atoms with van der Waals surface area (Å²) in [6.45, 7) is 11.7. The summed E-state index contributed by atoms with van der Waals surface area (Å²) in [6, 6.07) is 0. The van der Waals surface area contributed by atoms with E-state index in [1.807, 2.05) is 27.7 Å². The zero-order valence-corrected chi connectivity index (χ0v) is 12.6. The molecule has 0 radical (unpaired) electrons. The van der Waals surface area contributed by atoms with Gasteiger partial charge in [0.2, 0.25) is 5.91 Å². The number of hydrogen-bond donors (Lipinski definition) is 2. The zero-order valence-electron chi connectivity index (χ0n) is 12.6. The minimum absolute atomic E-state index is 0.102. The molecule has 0 atom stereocenters. The Morgan fingerprint density at radius 2 is 1.89 bits per heavy atom. The van der Waals surface area contributed by atoms with E-state index >= 15 is 0 Å². The quantitative estimate of drug-likeness (QED) is 0.622. The van der Waals surface area contributed by atoms with Crippen LogP contribution in [0, 0.1) is 5.41 Å². The number of unbranched alkanes of at least 4 members (excludes halogenated alkanes) is 1. The molecule has 0 fully saturated rings. The Kier molecular flexibility index (Phi) is 7.48. The van der Waals surface area contributed by atoms with E-state index in [1.54, 1.807) is 0 Å². The van der Waals surface area contributed by atoms with Crippen molar-refractivity contribution in [2.75, 3.05) is 19.7 Å². The second kappa shape index (κ2) is 7.74. The predicted octanol–water partition coefficient (Wildman–Crippen LogP) is 2.07. The van der Waals surface area contributed by atoms with Crippen LogP contribution in [0.5, 0.6) is 0 Å². The molecule has 18 heavy (non-hydrogen) atoms. The molecule has 0 aromatic heterocycles. The maximum atomic E-state index is 12.0. The highest BCUT2D eigenvalue weighted by Gasteiger charge is 2.28. The highest BCUT2D eigenvalue weighted by atomic mass is 16.5. The Balaban J connectivity index is 4.02. The van der Waals surface area contributed by atoms with Crippen molar-refractivity contribution in [1.82, 2.24) is 5.32 Å². The first-order valence-electron chi connectivity index (χ1n) is 6.87. The molecule has 1 amide bonds. The third kappa shape index (κ3) is 6.97. The Morgan fingerprint density at radius 1 is 1.28 bits per heavy atom. The second-order valence-electron chi connectivity index (χ2n) is 6.06. The van der Waals surface area contributed by atoms with Crippen molar-refractivity contribution in [3.63, 3.8) is 0 Å². The van der Waals surface area contributed by atoms with E-state index in [0.29, 0.717) is 19.6 Å². The Morgan fingerprint density at radius 3 is 2.39 bits per heavy atom. The van der Waals surface area contributed by atoms with Crippen LogP contribution < -0.4 is 11.1 Å². The van der Waals surface area contributed by atoms with Crippen molar-refractivity contribution < 1.29 is 9.53 Å². The van der Waals surface area contributed by atoms with Gasteiger partial charge in [0.05, 0.1) is 5.60 Å². The van der Waals surface area contributed by atoms with Crippen LogP contribution >= 0.6 is 0 Å². The fourth-order valence-electron chi connectivity index (χ4n) is 1.37. The van der Waals surface area contributed by atoms with Crippen LogP contribution in [-0.2, 0) is 9.53 Å². The van der Waals surface area contributed by atoms with Gasteiger partial charge in [0.1, 0.15) is 0 Å². The lowest BCUT2D eigenvalue weighted by molar-refractivity contribution is -0.131. The summed E-state index contributed by atoms with van der Waals surface area (Å²) in [5, 5.41) is 2.97. The third-order valence-electron chi connectivity index (χ3n) is 3.14. The number of nitrogens with two attached hydrogens (primary N) is 1. The maximum Gasteiger partial charge on any atom is 0.225 e. The van der Waals surface area contributed by atoms with Crippen molar-refractivity contribution in [3.8, 4) is 0 Å². The molecule has 0 aromatic carbocycles. The molecule has 4 heteroatoms. The van der Waals surface area contributed by atoms with Crippen molar-refractivity contribution in [3.05, 3.63) is 0 Å². The predicted molar refractivity (Wildman–Crippen MR) is 75.4 cm³/mol. The molecule has 0 rings (SSSR count).